The van der Waals surface area contributed by atoms with E-state index >= 15 is 0 Å². The number of hydrogen-bond acceptors (Lipinski definition) is 3. The number of nitrogens with one attached hydrogen (secondary N) is 1. The second-order valence-corrected chi connectivity index (χ2v) is 6.43. The fourth-order valence-corrected chi connectivity index (χ4v) is 3.29. The Kier molecular flexibility index (Phi) is 6.50. The van der Waals surface area contributed by atoms with E-state index in [1.54, 1.807) is 0 Å². The van der Waals surface area contributed by atoms with Gasteiger partial charge in [0.2, 0.25) is 11.8 Å². The molecule has 23 heavy (non-hydrogen) atoms. The van der Waals surface area contributed by atoms with Crippen molar-refractivity contribution in [1.29, 1.82) is 0 Å². The van der Waals surface area contributed by atoms with Gasteiger partial charge in [-0.3, -0.25) is 9.59 Å². The molecule has 0 aliphatic rings. The van der Waals surface area contributed by atoms with Crippen molar-refractivity contribution in [2.24, 2.45) is 5.73 Å². The summed E-state index contributed by atoms with van der Waals surface area (Å²) in [6, 6.07) is 17.5. The van der Waals surface area contributed by atoms with E-state index in [2.05, 4.69) is 5.32 Å². The summed E-state index contributed by atoms with van der Waals surface area (Å²) < 4.78 is 0. The Morgan fingerprint density at radius 1 is 1.04 bits per heavy atom. The van der Waals surface area contributed by atoms with E-state index in [0.717, 1.165) is 11.1 Å². The number of halogens is 1. The average Bonchev–Trinajstić information content (AvgIpc) is 2.55. The van der Waals surface area contributed by atoms with Gasteiger partial charge in [-0.2, -0.15) is 0 Å². The Bertz CT molecular complexity index is 662. The molecule has 4 nitrogen and oxygen atoms in total. The van der Waals surface area contributed by atoms with Gasteiger partial charge >= 0.3 is 0 Å². The van der Waals surface area contributed by atoms with Crippen LogP contribution in [-0.2, 0) is 9.59 Å². The first-order chi connectivity index (χ1) is 11.1. The first-order valence-corrected chi connectivity index (χ1v) is 8.46. The molecule has 0 aromatic heterocycles. The first-order valence-electron chi connectivity index (χ1n) is 7.03. The van der Waals surface area contributed by atoms with E-state index in [-0.39, 0.29) is 23.5 Å². The average molecular weight is 349 g/mol. The van der Waals surface area contributed by atoms with Crippen molar-refractivity contribution < 1.29 is 9.59 Å². The number of nitrogens with two attached hydrogens (primary N) is 1. The van der Waals surface area contributed by atoms with Crippen LogP contribution in [0.25, 0.3) is 0 Å². The predicted molar refractivity (Wildman–Crippen MR) is 94.4 cm³/mol. The van der Waals surface area contributed by atoms with Crippen molar-refractivity contribution in [3.63, 3.8) is 0 Å². The molecule has 120 valence electrons. The molecule has 1 atom stereocenters. The molecule has 2 amide bonds. The number of thioether (sulfide) groups is 1. The normalized spacial score (nSPS) is 11.7. The van der Waals surface area contributed by atoms with Crippen LogP contribution in [0.3, 0.4) is 0 Å². The monoisotopic (exact) mass is 348 g/mol. The molecule has 0 bridgehead atoms. The van der Waals surface area contributed by atoms with E-state index in [1.165, 1.54) is 11.8 Å². The van der Waals surface area contributed by atoms with Gasteiger partial charge in [0.1, 0.15) is 0 Å². The van der Waals surface area contributed by atoms with Gasteiger partial charge in [0.15, 0.2) is 0 Å². The highest BCUT2D eigenvalue weighted by molar-refractivity contribution is 8.00. The van der Waals surface area contributed by atoms with Crippen LogP contribution in [-0.4, -0.2) is 24.1 Å². The smallest absolute Gasteiger partial charge is 0.236 e. The fourth-order valence-electron chi connectivity index (χ4n) is 2.05. The van der Waals surface area contributed by atoms with Crippen LogP contribution in [0.4, 0.5) is 0 Å². The van der Waals surface area contributed by atoms with Gasteiger partial charge in [0.05, 0.1) is 17.5 Å². The van der Waals surface area contributed by atoms with Gasteiger partial charge in [0, 0.05) is 5.02 Å². The van der Waals surface area contributed by atoms with Crippen molar-refractivity contribution in [1.82, 2.24) is 5.32 Å². The van der Waals surface area contributed by atoms with Crippen LogP contribution in [0.15, 0.2) is 54.6 Å². The lowest BCUT2D eigenvalue weighted by atomic mass is 10.0. The first kappa shape index (κ1) is 17.4. The van der Waals surface area contributed by atoms with Gasteiger partial charge in [-0.15, -0.1) is 11.8 Å². The second kappa shape index (κ2) is 8.60. The Balaban J connectivity index is 2.10. The minimum atomic E-state index is -0.555. The maximum absolute atomic E-state index is 11.8. The highest BCUT2D eigenvalue weighted by Gasteiger charge is 2.16. The van der Waals surface area contributed by atoms with Gasteiger partial charge in [-0.25, -0.2) is 0 Å². The summed E-state index contributed by atoms with van der Waals surface area (Å²) in [4.78, 5) is 22.5. The molecule has 0 aliphatic heterocycles. The number of carbonyl (C=O) groups is 2. The second-order valence-electron chi connectivity index (χ2n) is 4.90. The zero-order valence-corrected chi connectivity index (χ0v) is 13.9. The largest absolute Gasteiger partial charge is 0.368 e. The molecule has 3 N–H and O–H groups in total. The van der Waals surface area contributed by atoms with Gasteiger partial charge < -0.3 is 11.1 Å². The van der Waals surface area contributed by atoms with Crippen molar-refractivity contribution in [3.05, 3.63) is 70.7 Å². The highest BCUT2D eigenvalue weighted by Crippen LogP contribution is 2.35. The third-order valence-electron chi connectivity index (χ3n) is 3.12. The minimum Gasteiger partial charge on any atom is -0.368 e. The Hall–Kier alpha value is -1.98. The molecule has 2 aromatic rings. The van der Waals surface area contributed by atoms with Gasteiger partial charge in [-0.05, 0) is 23.3 Å². The van der Waals surface area contributed by atoms with Crippen LogP contribution in [0.1, 0.15) is 16.4 Å². The topological polar surface area (TPSA) is 72.2 Å². The number of rotatable bonds is 7. The number of amides is 2. The standard InChI is InChI=1S/C17H17ClN2O2S/c18-14-8-6-13(7-9-14)17(12-4-2-1-3-5-12)23-11-16(22)20-10-15(19)21/h1-9,17H,10-11H2,(H2,19,21)(H,20,22)/t17-/m0/s1. The molecule has 0 saturated carbocycles. The summed E-state index contributed by atoms with van der Waals surface area (Å²) in [6.07, 6.45) is 0. The van der Waals surface area contributed by atoms with Crippen molar-refractivity contribution in [2.75, 3.05) is 12.3 Å². The van der Waals surface area contributed by atoms with E-state index in [4.69, 9.17) is 17.3 Å². The van der Waals surface area contributed by atoms with Crippen molar-refractivity contribution in [3.8, 4) is 0 Å². The van der Waals surface area contributed by atoms with E-state index < -0.39 is 5.91 Å². The number of carbonyl (C=O) groups excluding carboxylic acids is 2. The fraction of sp³-hybridized carbons (Fsp3) is 0.176. The summed E-state index contributed by atoms with van der Waals surface area (Å²) in [7, 11) is 0. The summed E-state index contributed by atoms with van der Waals surface area (Å²) in [5.41, 5.74) is 7.18. The number of benzene rings is 2. The van der Waals surface area contributed by atoms with E-state index in [1.807, 2.05) is 54.6 Å². The summed E-state index contributed by atoms with van der Waals surface area (Å²) in [6.45, 7) is -0.143. The zero-order chi connectivity index (χ0) is 16.7. The lowest BCUT2D eigenvalue weighted by Crippen LogP contribution is -2.34. The van der Waals surface area contributed by atoms with Crippen LogP contribution >= 0.6 is 23.4 Å². The summed E-state index contributed by atoms with van der Waals surface area (Å²) >= 11 is 7.43. The summed E-state index contributed by atoms with van der Waals surface area (Å²) in [5, 5.41) is 3.17. The quantitative estimate of drug-likeness (QED) is 0.808. The van der Waals surface area contributed by atoms with Crippen LogP contribution in [0, 0.1) is 0 Å². The zero-order valence-electron chi connectivity index (χ0n) is 12.4. The Morgan fingerprint density at radius 3 is 2.26 bits per heavy atom. The molecule has 6 heteroatoms. The third kappa shape index (κ3) is 5.62. The molecule has 0 saturated heterocycles. The lowest BCUT2D eigenvalue weighted by Gasteiger charge is -2.17. The lowest BCUT2D eigenvalue weighted by molar-refractivity contribution is -0.123. The van der Waals surface area contributed by atoms with Crippen molar-refractivity contribution >= 4 is 35.2 Å². The molecular formula is C17H17ClN2O2S. The minimum absolute atomic E-state index is 0.00722. The molecule has 0 fully saturated rings. The molecule has 0 unspecified atom stereocenters. The van der Waals surface area contributed by atoms with Gasteiger partial charge in [0.25, 0.3) is 0 Å². The van der Waals surface area contributed by atoms with Crippen LogP contribution in [0.5, 0.6) is 0 Å². The Labute approximate surface area is 144 Å². The third-order valence-corrected chi connectivity index (χ3v) is 4.67. The van der Waals surface area contributed by atoms with E-state index in [0.29, 0.717) is 5.02 Å². The SMILES string of the molecule is NC(=O)CNC(=O)CS[C@@H](c1ccccc1)c1ccc(Cl)cc1. The van der Waals surface area contributed by atoms with E-state index in [9.17, 15) is 9.59 Å². The Morgan fingerprint density at radius 2 is 1.65 bits per heavy atom. The highest BCUT2D eigenvalue weighted by atomic mass is 35.5. The summed E-state index contributed by atoms with van der Waals surface area (Å²) in [5.74, 6) is -0.542. The maximum Gasteiger partial charge on any atom is 0.236 e. The molecule has 0 radical (unpaired) electrons. The molecule has 0 aliphatic carbocycles. The molecule has 0 heterocycles. The molecule has 0 spiro atoms. The molecular weight excluding hydrogens is 332 g/mol. The number of primary amides is 1. The molecule has 2 rings (SSSR count). The molecule has 2 aromatic carbocycles. The maximum atomic E-state index is 11.8. The van der Waals surface area contributed by atoms with Crippen LogP contribution < -0.4 is 11.1 Å². The van der Waals surface area contributed by atoms with Crippen LogP contribution in [0.2, 0.25) is 5.02 Å². The number of hydrogen-bond donors (Lipinski definition) is 2. The van der Waals surface area contributed by atoms with Crippen molar-refractivity contribution in [2.45, 2.75) is 5.25 Å². The van der Waals surface area contributed by atoms with Gasteiger partial charge in [-0.1, -0.05) is 54.1 Å². The predicted octanol–water partition coefficient (Wildman–Crippen LogP) is 2.76.